The number of amides is 1. The van der Waals surface area contributed by atoms with Crippen molar-refractivity contribution in [2.45, 2.75) is 25.2 Å². The highest BCUT2D eigenvalue weighted by Gasteiger charge is 2.63. The van der Waals surface area contributed by atoms with Gasteiger partial charge in [0.2, 0.25) is 0 Å². The second-order valence-electron chi connectivity index (χ2n) is 5.33. The highest BCUT2D eigenvalue weighted by atomic mass is 35.5. The van der Waals surface area contributed by atoms with E-state index in [-0.39, 0.29) is 20.6 Å². The summed E-state index contributed by atoms with van der Waals surface area (Å²) in [5.41, 5.74) is -3.48. The van der Waals surface area contributed by atoms with Crippen LogP contribution in [0.15, 0.2) is 23.3 Å². The van der Waals surface area contributed by atoms with Crippen LogP contribution in [0, 0.1) is 5.82 Å². The third-order valence-corrected chi connectivity index (χ3v) is 5.20. The molecule has 0 saturated heterocycles. The quantitative estimate of drug-likeness (QED) is 0.755. The zero-order valence-corrected chi connectivity index (χ0v) is 13.6. The van der Waals surface area contributed by atoms with Crippen LogP contribution in [0.3, 0.4) is 0 Å². The van der Waals surface area contributed by atoms with Crippen molar-refractivity contribution in [3.05, 3.63) is 33.9 Å². The molecule has 0 aliphatic carbocycles. The van der Waals surface area contributed by atoms with Gasteiger partial charge in [0, 0.05) is 22.2 Å². The molecule has 1 N–H and O–H groups in total. The van der Waals surface area contributed by atoms with Gasteiger partial charge in [0.05, 0.1) is 5.02 Å². The van der Waals surface area contributed by atoms with Gasteiger partial charge < -0.3 is 5.11 Å². The number of rotatable bonds is 1. The molecule has 1 unspecified atom stereocenters. The Morgan fingerprint density at radius 1 is 1.46 bits per heavy atom. The maximum Gasteiger partial charge on any atom is 0.438 e. The zero-order valence-electron chi connectivity index (χ0n) is 12.0. The van der Waals surface area contributed by atoms with E-state index in [1.54, 1.807) is 0 Å². The summed E-state index contributed by atoms with van der Waals surface area (Å²) >= 11 is 6.79. The number of fused-ring (bicyclic) bond motifs is 1. The highest BCUT2D eigenvalue weighted by Crippen LogP contribution is 2.43. The Morgan fingerprint density at radius 3 is 2.75 bits per heavy atom. The molecule has 1 atom stereocenters. The fraction of sp³-hybridized carbons (Fsp3) is 0.286. The van der Waals surface area contributed by atoms with Crippen LogP contribution < -0.4 is 0 Å². The number of hydrazone groups is 1. The van der Waals surface area contributed by atoms with Crippen LogP contribution in [0.5, 0.6) is 0 Å². The zero-order chi connectivity index (χ0) is 17.9. The number of nitrogens with zero attached hydrogens (tertiary/aromatic N) is 2. The molecular formula is C14H9ClF4N2O2S. The van der Waals surface area contributed by atoms with Crippen LogP contribution in [-0.2, 0) is 0 Å². The molecule has 2 heterocycles. The number of carbonyl (C=O) groups is 1. The van der Waals surface area contributed by atoms with Crippen molar-refractivity contribution in [2.24, 2.45) is 5.10 Å². The Morgan fingerprint density at radius 2 is 2.12 bits per heavy atom. The summed E-state index contributed by atoms with van der Waals surface area (Å²) in [5, 5.41) is 13.7. The lowest BCUT2D eigenvalue weighted by molar-refractivity contribution is -0.297. The summed E-state index contributed by atoms with van der Waals surface area (Å²) in [7, 11) is 0. The number of alkyl halides is 3. The SMILES string of the molecule is CC1=NN(C(=O)c2sc3cc(F)ccc3c2Cl)C(O)(C(F)(F)F)C1. The largest absolute Gasteiger partial charge is 0.438 e. The Labute approximate surface area is 141 Å². The lowest BCUT2D eigenvalue weighted by atomic mass is 10.1. The third kappa shape index (κ3) is 2.47. The van der Waals surface area contributed by atoms with Crippen molar-refractivity contribution < 1.29 is 27.5 Å². The van der Waals surface area contributed by atoms with E-state index in [9.17, 15) is 27.5 Å². The van der Waals surface area contributed by atoms with Crippen molar-refractivity contribution in [1.29, 1.82) is 0 Å². The van der Waals surface area contributed by atoms with Gasteiger partial charge in [-0.3, -0.25) is 4.79 Å². The Bertz CT molecular complexity index is 880. The first-order valence-electron chi connectivity index (χ1n) is 6.60. The molecule has 0 radical (unpaired) electrons. The van der Waals surface area contributed by atoms with Gasteiger partial charge in [0.1, 0.15) is 10.7 Å². The average Bonchev–Trinajstić information content (AvgIpc) is 2.95. The highest BCUT2D eigenvalue weighted by molar-refractivity contribution is 7.21. The van der Waals surface area contributed by atoms with E-state index in [2.05, 4.69) is 5.10 Å². The molecule has 4 nitrogen and oxygen atoms in total. The molecule has 24 heavy (non-hydrogen) atoms. The molecular weight excluding hydrogens is 372 g/mol. The monoisotopic (exact) mass is 380 g/mol. The molecule has 1 amide bonds. The van der Waals surface area contributed by atoms with Gasteiger partial charge in [-0.05, 0) is 25.1 Å². The number of carbonyl (C=O) groups excluding carboxylic acids is 1. The standard InChI is InChI=1S/C14H9ClF4N2O2S/c1-6-5-13(23,14(17,18)19)21(20-6)12(22)11-10(15)8-3-2-7(16)4-9(8)24-11/h2-4,23H,5H2,1H3. The van der Waals surface area contributed by atoms with E-state index in [0.29, 0.717) is 10.1 Å². The number of thiophene rings is 1. The maximum absolute atomic E-state index is 13.3. The molecule has 2 aromatic rings. The van der Waals surface area contributed by atoms with Crippen molar-refractivity contribution in [2.75, 3.05) is 0 Å². The van der Waals surface area contributed by atoms with E-state index in [0.717, 1.165) is 23.5 Å². The van der Waals surface area contributed by atoms with Gasteiger partial charge >= 0.3 is 6.18 Å². The summed E-state index contributed by atoms with van der Waals surface area (Å²) in [5.74, 6) is -1.76. The van der Waals surface area contributed by atoms with Crippen LogP contribution in [-0.4, -0.2) is 33.6 Å². The summed E-state index contributed by atoms with van der Waals surface area (Å²) in [6.07, 6.45) is -5.95. The molecule has 0 spiro atoms. The van der Waals surface area contributed by atoms with Crippen molar-refractivity contribution in [1.82, 2.24) is 5.01 Å². The van der Waals surface area contributed by atoms with Gasteiger partial charge in [-0.2, -0.15) is 23.3 Å². The predicted octanol–water partition coefficient (Wildman–Crippen LogP) is 4.17. The number of aliphatic hydroxyl groups is 1. The fourth-order valence-corrected chi connectivity index (χ4v) is 3.89. The molecule has 1 aromatic carbocycles. The van der Waals surface area contributed by atoms with Crippen molar-refractivity contribution in [3.63, 3.8) is 0 Å². The number of hydrogen-bond acceptors (Lipinski definition) is 4. The summed E-state index contributed by atoms with van der Waals surface area (Å²) in [6.45, 7) is 1.27. The van der Waals surface area contributed by atoms with Crippen molar-refractivity contribution in [3.8, 4) is 0 Å². The van der Waals surface area contributed by atoms with E-state index in [1.807, 2.05) is 0 Å². The molecule has 3 rings (SSSR count). The van der Waals surface area contributed by atoms with Gasteiger partial charge in [-0.1, -0.05) is 11.6 Å². The first-order chi connectivity index (χ1) is 11.0. The fourth-order valence-electron chi connectivity index (χ4n) is 2.43. The number of hydrogen-bond donors (Lipinski definition) is 1. The third-order valence-electron chi connectivity index (χ3n) is 3.56. The molecule has 1 aromatic heterocycles. The smallest absolute Gasteiger partial charge is 0.362 e. The topological polar surface area (TPSA) is 52.9 Å². The number of benzene rings is 1. The first kappa shape index (κ1) is 17.1. The van der Waals surface area contributed by atoms with Gasteiger partial charge in [0.15, 0.2) is 0 Å². The van der Waals surface area contributed by atoms with Crippen LogP contribution in [0.25, 0.3) is 10.1 Å². The van der Waals surface area contributed by atoms with E-state index >= 15 is 0 Å². The van der Waals surface area contributed by atoms with E-state index in [1.165, 1.54) is 13.0 Å². The minimum atomic E-state index is -5.10. The van der Waals surface area contributed by atoms with Crippen LogP contribution in [0.1, 0.15) is 23.0 Å². The first-order valence-corrected chi connectivity index (χ1v) is 7.79. The Kier molecular flexibility index (Phi) is 3.85. The van der Waals surface area contributed by atoms with E-state index < -0.39 is 30.0 Å². The lowest BCUT2D eigenvalue weighted by Gasteiger charge is -2.32. The van der Waals surface area contributed by atoms with Crippen LogP contribution >= 0.6 is 22.9 Å². The minimum absolute atomic E-state index is 0.00468. The van der Waals surface area contributed by atoms with Gasteiger partial charge in [-0.15, -0.1) is 11.3 Å². The maximum atomic E-state index is 13.3. The summed E-state index contributed by atoms with van der Waals surface area (Å²) in [6, 6.07) is 3.57. The van der Waals surface area contributed by atoms with Gasteiger partial charge in [-0.25, -0.2) is 4.39 Å². The Balaban J connectivity index is 2.10. The van der Waals surface area contributed by atoms with Crippen LogP contribution in [0.2, 0.25) is 5.02 Å². The Hall–Kier alpha value is -1.71. The molecule has 128 valence electrons. The second kappa shape index (κ2) is 5.40. The predicted molar refractivity (Wildman–Crippen MR) is 81.7 cm³/mol. The van der Waals surface area contributed by atoms with Crippen molar-refractivity contribution >= 4 is 44.6 Å². The number of halogens is 5. The molecule has 10 heteroatoms. The van der Waals surface area contributed by atoms with E-state index in [4.69, 9.17) is 11.6 Å². The molecule has 0 bridgehead atoms. The summed E-state index contributed by atoms with van der Waals surface area (Å²) < 4.78 is 53.2. The lowest BCUT2D eigenvalue weighted by Crippen LogP contribution is -2.56. The van der Waals surface area contributed by atoms with Crippen LogP contribution in [0.4, 0.5) is 17.6 Å². The molecule has 1 aliphatic heterocycles. The molecule has 0 saturated carbocycles. The normalized spacial score (nSPS) is 21.5. The molecule has 0 fully saturated rings. The molecule has 1 aliphatic rings. The average molecular weight is 381 g/mol. The second-order valence-corrected chi connectivity index (χ2v) is 6.76. The summed E-state index contributed by atoms with van der Waals surface area (Å²) in [4.78, 5) is 12.3. The minimum Gasteiger partial charge on any atom is -0.362 e. The van der Waals surface area contributed by atoms with Gasteiger partial charge in [0.25, 0.3) is 11.6 Å².